The van der Waals surface area contributed by atoms with Crippen molar-refractivity contribution in [3.8, 4) is 0 Å². The van der Waals surface area contributed by atoms with Crippen LogP contribution in [0, 0.1) is 0 Å². The number of hydrogen-bond donors (Lipinski definition) is 1. The molecule has 1 aliphatic rings. The van der Waals surface area contributed by atoms with Gasteiger partial charge in [0, 0.05) is 25.4 Å². The van der Waals surface area contributed by atoms with E-state index in [-0.39, 0.29) is 0 Å². The van der Waals surface area contributed by atoms with E-state index in [0.29, 0.717) is 19.3 Å². The highest BCUT2D eigenvalue weighted by atomic mass is 28.4. The molecule has 1 fully saturated rings. The third-order valence-electron chi connectivity index (χ3n) is 3.06. The zero-order chi connectivity index (χ0) is 12.6. The minimum atomic E-state index is -2.34. The van der Waals surface area contributed by atoms with E-state index in [0.717, 1.165) is 38.3 Å². The summed E-state index contributed by atoms with van der Waals surface area (Å²) in [5.74, 6) is 0. The summed E-state index contributed by atoms with van der Waals surface area (Å²) in [4.78, 5) is 0. The van der Waals surface area contributed by atoms with Crippen LogP contribution in [0.3, 0.4) is 0 Å². The van der Waals surface area contributed by atoms with E-state index in [2.05, 4.69) is 0 Å². The second-order valence-corrected chi connectivity index (χ2v) is 7.14. The summed E-state index contributed by atoms with van der Waals surface area (Å²) in [6.07, 6.45) is 5.94. The Morgan fingerprint density at radius 1 is 1.24 bits per heavy atom. The molecule has 1 atom stereocenters. The standard InChI is InChI=1S/C12H27NO3Si/c1-3-14-17(15-4-2)11-7-9-12(16-17)8-5-6-10-13/h12H,3-11,13H2,1-2H3. The van der Waals surface area contributed by atoms with Crippen LogP contribution < -0.4 is 5.73 Å². The average Bonchev–Trinajstić information content (AvgIpc) is 2.30. The molecule has 5 heteroatoms. The van der Waals surface area contributed by atoms with Crippen molar-refractivity contribution in [1.29, 1.82) is 0 Å². The summed E-state index contributed by atoms with van der Waals surface area (Å²) in [6, 6.07) is 0.974. The van der Waals surface area contributed by atoms with Crippen LogP contribution in [-0.2, 0) is 13.3 Å². The second-order valence-electron chi connectivity index (χ2n) is 4.47. The maximum atomic E-state index is 6.16. The molecule has 1 saturated heterocycles. The number of unbranched alkanes of at least 4 members (excludes halogenated alkanes) is 1. The first kappa shape index (κ1) is 15.1. The first-order valence-corrected chi connectivity index (χ1v) is 8.85. The Balaban J connectivity index is 2.43. The molecular weight excluding hydrogens is 234 g/mol. The van der Waals surface area contributed by atoms with E-state index in [4.69, 9.17) is 19.0 Å². The van der Waals surface area contributed by atoms with E-state index in [1.54, 1.807) is 0 Å². The van der Waals surface area contributed by atoms with Gasteiger partial charge in [-0.15, -0.1) is 0 Å². The summed E-state index contributed by atoms with van der Waals surface area (Å²) in [5.41, 5.74) is 5.51. The lowest BCUT2D eigenvalue weighted by Crippen LogP contribution is -2.51. The maximum absolute atomic E-state index is 6.16. The first-order valence-electron chi connectivity index (χ1n) is 6.92. The van der Waals surface area contributed by atoms with Crippen LogP contribution in [0.15, 0.2) is 0 Å². The molecule has 0 spiro atoms. The van der Waals surface area contributed by atoms with Crippen molar-refractivity contribution in [2.24, 2.45) is 5.73 Å². The molecule has 17 heavy (non-hydrogen) atoms. The summed E-state index contributed by atoms with van der Waals surface area (Å²) in [7, 11) is -2.34. The first-order chi connectivity index (χ1) is 8.26. The van der Waals surface area contributed by atoms with Gasteiger partial charge in [0.25, 0.3) is 0 Å². The van der Waals surface area contributed by atoms with Crippen molar-refractivity contribution in [2.75, 3.05) is 19.8 Å². The molecule has 0 saturated carbocycles. The van der Waals surface area contributed by atoms with Crippen molar-refractivity contribution in [3.63, 3.8) is 0 Å². The van der Waals surface area contributed by atoms with E-state index in [9.17, 15) is 0 Å². The normalized spacial score (nSPS) is 23.8. The molecule has 4 nitrogen and oxygen atoms in total. The number of nitrogens with two attached hydrogens (primary N) is 1. The van der Waals surface area contributed by atoms with Gasteiger partial charge >= 0.3 is 8.80 Å². The van der Waals surface area contributed by atoms with Gasteiger partial charge in [-0.1, -0.05) is 0 Å². The van der Waals surface area contributed by atoms with Crippen LogP contribution in [0.5, 0.6) is 0 Å². The van der Waals surface area contributed by atoms with Crippen LogP contribution in [0.1, 0.15) is 46.0 Å². The maximum Gasteiger partial charge on any atom is 0.501 e. The van der Waals surface area contributed by atoms with Gasteiger partial charge in [0.1, 0.15) is 0 Å². The van der Waals surface area contributed by atoms with Crippen molar-refractivity contribution in [1.82, 2.24) is 0 Å². The molecule has 102 valence electrons. The van der Waals surface area contributed by atoms with E-state index >= 15 is 0 Å². The highest BCUT2D eigenvalue weighted by molar-refractivity contribution is 6.60. The Kier molecular flexibility index (Phi) is 7.30. The lowest BCUT2D eigenvalue weighted by Gasteiger charge is -2.37. The quantitative estimate of drug-likeness (QED) is 0.538. The lowest BCUT2D eigenvalue weighted by molar-refractivity contribution is 0.00969. The zero-order valence-electron chi connectivity index (χ0n) is 11.2. The predicted molar refractivity (Wildman–Crippen MR) is 70.8 cm³/mol. The van der Waals surface area contributed by atoms with Crippen LogP contribution in [0.2, 0.25) is 6.04 Å². The summed E-state index contributed by atoms with van der Waals surface area (Å²) >= 11 is 0. The molecule has 0 aliphatic carbocycles. The fourth-order valence-corrected chi connectivity index (χ4v) is 5.22. The van der Waals surface area contributed by atoms with Gasteiger partial charge in [-0.05, 0) is 52.5 Å². The number of hydrogen-bond acceptors (Lipinski definition) is 4. The molecule has 1 unspecified atom stereocenters. The van der Waals surface area contributed by atoms with Gasteiger partial charge in [-0.2, -0.15) is 0 Å². The zero-order valence-corrected chi connectivity index (χ0v) is 12.2. The van der Waals surface area contributed by atoms with Crippen molar-refractivity contribution in [3.05, 3.63) is 0 Å². The third-order valence-corrected chi connectivity index (χ3v) is 6.18. The average molecular weight is 261 g/mol. The smallest absolute Gasteiger partial charge is 0.374 e. The van der Waals surface area contributed by atoms with Gasteiger partial charge in [-0.25, -0.2) is 0 Å². The largest absolute Gasteiger partial charge is 0.501 e. The fraction of sp³-hybridized carbons (Fsp3) is 1.00. The SMILES string of the molecule is CCO[Si]1(OCC)CCCC(CCCCN)O1. The molecule has 1 aliphatic heterocycles. The molecule has 0 amide bonds. The summed E-state index contributed by atoms with van der Waals surface area (Å²) in [6.45, 7) is 6.15. The van der Waals surface area contributed by atoms with Gasteiger partial charge in [0.05, 0.1) is 0 Å². The molecule has 0 radical (unpaired) electrons. The van der Waals surface area contributed by atoms with Gasteiger partial charge in [0.15, 0.2) is 0 Å². The van der Waals surface area contributed by atoms with Crippen LogP contribution in [0.4, 0.5) is 0 Å². The minimum absolute atomic E-state index is 0.320. The van der Waals surface area contributed by atoms with Crippen LogP contribution in [0.25, 0.3) is 0 Å². The predicted octanol–water partition coefficient (Wildman–Crippen LogP) is 2.31. The molecular formula is C12H27NO3Si. The van der Waals surface area contributed by atoms with Crippen molar-refractivity contribution in [2.45, 2.75) is 58.1 Å². The van der Waals surface area contributed by atoms with Gasteiger partial charge < -0.3 is 19.0 Å². The Morgan fingerprint density at radius 2 is 1.94 bits per heavy atom. The second kappa shape index (κ2) is 8.21. The van der Waals surface area contributed by atoms with Crippen molar-refractivity contribution < 1.29 is 13.3 Å². The molecule has 2 N–H and O–H groups in total. The van der Waals surface area contributed by atoms with E-state index in [1.807, 2.05) is 13.8 Å². The number of rotatable bonds is 8. The van der Waals surface area contributed by atoms with Gasteiger partial charge in [0.2, 0.25) is 0 Å². The lowest BCUT2D eigenvalue weighted by atomic mass is 10.1. The van der Waals surface area contributed by atoms with Crippen LogP contribution in [-0.4, -0.2) is 34.7 Å². The van der Waals surface area contributed by atoms with E-state index < -0.39 is 8.80 Å². The summed E-state index contributed by atoms with van der Waals surface area (Å²) in [5, 5.41) is 0. The van der Waals surface area contributed by atoms with Gasteiger partial charge in [-0.3, -0.25) is 0 Å². The third kappa shape index (κ3) is 5.05. The molecule has 1 heterocycles. The highest BCUT2D eigenvalue weighted by Gasteiger charge is 2.45. The highest BCUT2D eigenvalue weighted by Crippen LogP contribution is 2.30. The molecule has 0 aromatic rings. The summed E-state index contributed by atoms with van der Waals surface area (Å²) < 4.78 is 17.8. The topological polar surface area (TPSA) is 53.7 Å². The monoisotopic (exact) mass is 261 g/mol. The Bertz CT molecular complexity index is 193. The Labute approximate surface area is 106 Å². The Morgan fingerprint density at radius 3 is 2.53 bits per heavy atom. The Hall–Kier alpha value is 0.0569. The fourth-order valence-electron chi connectivity index (χ4n) is 2.33. The minimum Gasteiger partial charge on any atom is -0.374 e. The molecule has 0 bridgehead atoms. The molecule has 1 rings (SSSR count). The van der Waals surface area contributed by atoms with E-state index in [1.165, 1.54) is 6.42 Å². The molecule has 0 aromatic heterocycles. The van der Waals surface area contributed by atoms with Crippen molar-refractivity contribution >= 4 is 8.80 Å². The van der Waals surface area contributed by atoms with Crippen LogP contribution >= 0.6 is 0 Å². The molecule has 0 aromatic carbocycles.